The highest BCUT2D eigenvalue weighted by atomic mass is 32.2. The number of rotatable bonds is 6. The van der Waals surface area contributed by atoms with Crippen molar-refractivity contribution in [2.45, 2.75) is 39.5 Å². The van der Waals surface area contributed by atoms with Crippen LogP contribution in [0.2, 0.25) is 0 Å². The monoisotopic (exact) mass is 260 g/mol. The van der Waals surface area contributed by atoms with Crippen LogP contribution in [0.5, 0.6) is 0 Å². The van der Waals surface area contributed by atoms with Crippen molar-refractivity contribution in [3.8, 4) is 0 Å². The van der Waals surface area contributed by atoms with E-state index in [4.69, 9.17) is 0 Å². The summed E-state index contributed by atoms with van der Waals surface area (Å²) in [5.74, 6) is 1.21. The van der Waals surface area contributed by atoms with E-state index >= 15 is 0 Å². The zero-order valence-corrected chi connectivity index (χ0v) is 12.2. The fraction of sp³-hybridized carbons (Fsp3) is 0.438. The molecule has 2 heteroatoms. The van der Waals surface area contributed by atoms with Gasteiger partial charge in [0.25, 0.3) is 0 Å². The van der Waals surface area contributed by atoms with Crippen LogP contribution in [0.4, 0.5) is 0 Å². The van der Waals surface area contributed by atoms with Crippen LogP contribution >= 0.6 is 11.9 Å². The van der Waals surface area contributed by atoms with E-state index in [0.717, 1.165) is 0 Å². The highest BCUT2D eigenvalue weighted by Crippen LogP contribution is 2.14. The van der Waals surface area contributed by atoms with Gasteiger partial charge in [0.05, 0.1) is 5.75 Å². The van der Waals surface area contributed by atoms with E-state index in [-0.39, 0.29) is 0 Å². The van der Waals surface area contributed by atoms with Crippen molar-refractivity contribution in [2.24, 2.45) is 0 Å². The SMILES string of the molecule is CCCCCCS[n+]1cccc2cc(C)ccc21. The van der Waals surface area contributed by atoms with Gasteiger partial charge >= 0.3 is 0 Å². The summed E-state index contributed by atoms with van der Waals surface area (Å²) in [5, 5.41) is 1.33. The molecule has 18 heavy (non-hydrogen) atoms. The Balaban J connectivity index is 2.04. The van der Waals surface area contributed by atoms with Gasteiger partial charge in [-0.1, -0.05) is 37.8 Å². The highest BCUT2D eigenvalue weighted by Gasteiger charge is 2.09. The lowest BCUT2D eigenvalue weighted by Gasteiger charge is -2.00. The lowest BCUT2D eigenvalue weighted by molar-refractivity contribution is -0.463. The molecule has 1 aromatic heterocycles. The molecular formula is C16H22NS+. The van der Waals surface area contributed by atoms with Crippen molar-refractivity contribution < 1.29 is 3.97 Å². The third-order valence-corrected chi connectivity index (χ3v) is 4.21. The van der Waals surface area contributed by atoms with E-state index in [1.807, 2.05) is 11.9 Å². The number of unbranched alkanes of at least 4 members (excludes halogenated alkanes) is 3. The first kappa shape index (κ1) is 13.4. The van der Waals surface area contributed by atoms with Gasteiger partial charge in [0, 0.05) is 17.5 Å². The molecule has 0 bridgehead atoms. The number of aromatic nitrogens is 1. The molecule has 0 saturated carbocycles. The summed E-state index contributed by atoms with van der Waals surface area (Å²) in [6.45, 7) is 4.41. The Kier molecular flexibility index (Phi) is 5.06. The molecular weight excluding hydrogens is 238 g/mol. The number of hydrogen-bond donors (Lipinski definition) is 0. The third kappa shape index (κ3) is 3.49. The normalized spacial score (nSPS) is 11.0. The molecule has 0 radical (unpaired) electrons. The maximum atomic E-state index is 2.31. The van der Waals surface area contributed by atoms with Gasteiger partial charge in [-0.3, -0.25) is 0 Å². The average Bonchev–Trinajstić information content (AvgIpc) is 2.38. The smallest absolute Gasteiger partial charge is 0.126 e. The second-order valence-electron chi connectivity index (χ2n) is 4.79. The van der Waals surface area contributed by atoms with Crippen molar-refractivity contribution in [2.75, 3.05) is 5.75 Å². The topological polar surface area (TPSA) is 3.88 Å². The second kappa shape index (κ2) is 6.79. The largest absolute Gasteiger partial charge is 0.226 e. The highest BCUT2D eigenvalue weighted by molar-refractivity contribution is 7.92. The number of hydrogen-bond acceptors (Lipinski definition) is 1. The van der Waals surface area contributed by atoms with Gasteiger partial charge in [0.15, 0.2) is 18.1 Å². The number of benzene rings is 1. The fourth-order valence-corrected chi connectivity index (χ4v) is 3.11. The van der Waals surface area contributed by atoms with Gasteiger partial charge in [0.2, 0.25) is 5.52 Å². The van der Waals surface area contributed by atoms with Crippen LogP contribution in [0.25, 0.3) is 10.9 Å². The summed E-state index contributed by atoms with van der Waals surface area (Å²) >= 11 is 1.92. The Morgan fingerprint density at radius 1 is 1.11 bits per heavy atom. The van der Waals surface area contributed by atoms with Crippen LogP contribution in [0.1, 0.15) is 38.2 Å². The van der Waals surface area contributed by atoms with Crippen molar-refractivity contribution in [3.05, 3.63) is 42.1 Å². The Labute approximate surface area is 114 Å². The zero-order valence-electron chi connectivity index (χ0n) is 11.4. The zero-order chi connectivity index (χ0) is 12.8. The minimum Gasteiger partial charge on any atom is -0.126 e. The molecule has 1 aromatic carbocycles. The van der Waals surface area contributed by atoms with Crippen LogP contribution in [0, 0.1) is 6.92 Å². The molecule has 0 aliphatic rings. The molecule has 0 atom stereocenters. The summed E-state index contributed by atoms with van der Waals surface area (Å²) in [7, 11) is 0. The number of aryl methyl sites for hydroxylation is 1. The van der Waals surface area contributed by atoms with E-state index < -0.39 is 0 Å². The maximum absolute atomic E-state index is 2.31. The molecule has 0 amide bonds. The lowest BCUT2D eigenvalue weighted by Crippen LogP contribution is -2.26. The fourth-order valence-electron chi connectivity index (χ4n) is 2.12. The van der Waals surface area contributed by atoms with E-state index in [1.54, 1.807) is 0 Å². The van der Waals surface area contributed by atoms with Gasteiger partial charge in [-0.15, -0.1) is 3.97 Å². The summed E-state index contributed by atoms with van der Waals surface area (Å²) in [6.07, 6.45) is 7.51. The first-order valence-electron chi connectivity index (χ1n) is 6.85. The maximum Gasteiger partial charge on any atom is 0.226 e. The molecule has 96 valence electrons. The van der Waals surface area contributed by atoms with Crippen LogP contribution in [0.15, 0.2) is 36.5 Å². The molecule has 2 rings (SSSR count). The molecule has 0 unspecified atom stereocenters. The summed E-state index contributed by atoms with van der Waals surface area (Å²) in [5.41, 5.74) is 2.65. The predicted molar refractivity (Wildman–Crippen MR) is 80.9 cm³/mol. The van der Waals surface area contributed by atoms with Gasteiger partial charge in [-0.05, 0) is 25.5 Å². The minimum absolute atomic E-state index is 1.21. The van der Waals surface area contributed by atoms with E-state index in [2.05, 4.69) is 54.3 Å². The molecule has 1 nitrogen and oxygen atoms in total. The summed E-state index contributed by atoms with van der Waals surface area (Å²) in [6, 6.07) is 11.0. The molecule has 0 saturated heterocycles. The summed E-state index contributed by atoms with van der Waals surface area (Å²) < 4.78 is 2.31. The molecule has 1 heterocycles. The van der Waals surface area contributed by atoms with Gasteiger partial charge in [0.1, 0.15) is 0 Å². The van der Waals surface area contributed by atoms with Crippen molar-refractivity contribution >= 4 is 22.9 Å². The predicted octanol–water partition coefficient (Wildman–Crippen LogP) is 4.51. The summed E-state index contributed by atoms with van der Waals surface area (Å²) in [4.78, 5) is 0. The first-order chi connectivity index (χ1) is 8.81. The van der Waals surface area contributed by atoms with Crippen LogP contribution < -0.4 is 3.97 Å². The molecule has 0 aliphatic heterocycles. The first-order valence-corrected chi connectivity index (χ1v) is 7.80. The lowest BCUT2D eigenvalue weighted by atomic mass is 10.1. The molecule has 0 N–H and O–H groups in total. The molecule has 0 fully saturated rings. The van der Waals surface area contributed by atoms with E-state index in [9.17, 15) is 0 Å². The van der Waals surface area contributed by atoms with Gasteiger partial charge in [-0.2, -0.15) is 0 Å². The van der Waals surface area contributed by atoms with Gasteiger partial charge < -0.3 is 0 Å². The number of pyridine rings is 1. The molecule has 0 aliphatic carbocycles. The van der Waals surface area contributed by atoms with Crippen LogP contribution in [-0.2, 0) is 0 Å². The molecule has 2 aromatic rings. The molecule has 0 spiro atoms. The second-order valence-corrected chi connectivity index (χ2v) is 5.85. The van der Waals surface area contributed by atoms with Gasteiger partial charge in [-0.25, -0.2) is 0 Å². The standard InChI is InChI=1S/C16H22NS/c1-3-4-5-6-12-18-17-11-7-8-15-13-14(2)9-10-16(15)17/h7-11,13H,3-6,12H2,1-2H3/q+1. The van der Waals surface area contributed by atoms with Crippen molar-refractivity contribution in [3.63, 3.8) is 0 Å². The van der Waals surface area contributed by atoms with Crippen molar-refractivity contribution in [1.82, 2.24) is 0 Å². The third-order valence-electron chi connectivity index (χ3n) is 3.15. The van der Waals surface area contributed by atoms with Crippen LogP contribution in [-0.4, -0.2) is 5.75 Å². The Morgan fingerprint density at radius 2 is 2.00 bits per heavy atom. The Morgan fingerprint density at radius 3 is 2.83 bits per heavy atom. The number of fused-ring (bicyclic) bond motifs is 1. The quantitative estimate of drug-likeness (QED) is 0.546. The Hall–Kier alpha value is -1.02. The average molecular weight is 260 g/mol. The van der Waals surface area contributed by atoms with E-state index in [0.29, 0.717) is 0 Å². The van der Waals surface area contributed by atoms with Crippen molar-refractivity contribution in [1.29, 1.82) is 0 Å². The minimum atomic E-state index is 1.21. The van der Waals surface area contributed by atoms with Crippen LogP contribution in [0.3, 0.4) is 0 Å². The number of nitrogens with zero attached hydrogens (tertiary/aromatic N) is 1. The Bertz CT molecular complexity index is 507. The van der Waals surface area contributed by atoms with E-state index in [1.165, 1.54) is 47.9 Å².